The Morgan fingerprint density at radius 2 is 2.15 bits per heavy atom. The molecule has 142 valence electrons. The van der Waals surface area contributed by atoms with Gasteiger partial charge < -0.3 is 20.4 Å². The topological polar surface area (TPSA) is 98.6 Å². The van der Waals surface area contributed by atoms with E-state index in [2.05, 4.69) is 15.3 Å². The summed E-state index contributed by atoms with van der Waals surface area (Å²) >= 11 is 6.02. The fraction of sp³-hybridized carbons (Fsp3) is 0.421. The maximum absolute atomic E-state index is 11.4. The van der Waals surface area contributed by atoms with Gasteiger partial charge in [0.2, 0.25) is 5.28 Å². The Bertz CT molecular complexity index is 863. The SMILES string of the molecule is O=C(O)[C@@H]1CCCN(c2cnc(Cl)nc2NC2c3ccccc3CC2O)C1. The molecule has 1 fully saturated rings. The van der Waals surface area contributed by atoms with Gasteiger partial charge in [0.1, 0.15) is 0 Å². The van der Waals surface area contributed by atoms with Gasteiger partial charge in [0, 0.05) is 19.5 Å². The van der Waals surface area contributed by atoms with E-state index in [9.17, 15) is 15.0 Å². The van der Waals surface area contributed by atoms with E-state index in [0.717, 1.165) is 24.1 Å². The number of hydrogen-bond acceptors (Lipinski definition) is 6. The van der Waals surface area contributed by atoms with Gasteiger partial charge >= 0.3 is 5.97 Å². The van der Waals surface area contributed by atoms with E-state index < -0.39 is 18.0 Å². The van der Waals surface area contributed by atoms with E-state index in [0.29, 0.717) is 30.9 Å². The van der Waals surface area contributed by atoms with Gasteiger partial charge in [0.25, 0.3) is 0 Å². The number of aliphatic hydroxyl groups excluding tert-OH is 1. The average Bonchev–Trinajstić information content (AvgIpc) is 2.97. The Balaban J connectivity index is 1.64. The second-order valence-corrected chi connectivity index (χ2v) is 7.43. The Morgan fingerprint density at radius 1 is 1.33 bits per heavy atom. The second-order valence-electron chi connectivity index (χ2n) is 7.09. The zero-order valence-electron chi connectivity index (χ0n) is 14.7. The molecule has 3 N–H and O–H groups in total. The molecule has 2 aliphatic rings. The Morgan fingerprint density at radius 3 is 2.96 bits per heavy atom. The molecule has 4 rings (SSSR count). The third-order valence-electron chi connectivity index (χ3n) is 5.35. The van der Waals surface area contributed by atoms with Crippen molar-refractivity contribution in [1.82, 2.24) is 9.97 Å². The highest BCUT2D eigenvalue weighted by molar-refractivity contribution is 6.28. The lowest BCUT2D eigenvalue weighted by atomic mass is 9.98. The Kier molecular flexibility index (Phi) is 4.88. The summed E-state index contributed by atoms with van der Waals surface area (Å²) in [5, 5.41) is 23.3. The van der Waals surface area contributed by atoms with Crippen LogP contribution in [-0.2, 0) is 11.2 Å². The predicted octanol–water partition coefficient (Wildman–Crippen LogP) is 2.50. The summed E-state index contributed by atoms with van der Waals surface area (Å²) in [4.78, 5) is 21.8. The minimum absolute atomic E-state index is 0.105. The molecular formula is C19H21ClN4O3. The molecule has 2 aromatic rings. The van der Waals surface area contributed by atoms with E-state index in [1.807, 2.05) is 29.2 Å². The van der Waals surface area contributed by atoms with Crippen LogP contribution in [0, 0.1) is 5.92 Å². The molecule has 0 saturated carbocycles. The Hall–Kier alpha value is -2.38. The fourth-order valence-corrected chi connectivity index (χ4v) is 4.12. The maximum Gasteiger partial charge on any atom is 0.308 e. The smallest absolute Gasteiger partial charge is 0.308 e. The highest BCUT2D eigenvalue weighted by Crippen LogP contribution is 2.37. The number of benzene rings is 1. The van der Waals surface area contributed by atoms with Crippen LogP contribution in [0.4, 0.5) is 11.5 Å². The number of nitrogens with zero attached hydrogens (tertiary/aromatic N) is 3. The third kappa shape index (κ3) is 3.57. The molecule has 27 heavy (non-hydrogen) atoms. The molecule has 0 spiro atoms. The van der Waals surface area contributed by atoms with E-state index in [4.69, 9.17) is 11.6 Å². The summed E-state index contributed by atoms with van der Waals surface area (Å²) in [6, 6.07) is 7.61. The normalized spacial score (nSPS) is 24.5. The lowest BCUT2D eigenvalue weighted by Crippen LogP contribution is -2.39. The van der Waals surface area contributed by atoms with Gasteiger partial charge in [-0.25, -0.2) is 4.98 Å². The number of fused-ring (bicyclic) bond motifs is 1. The van der Waals surface area contributed by atoms with Crippen molar-refractivity contribution in [3.63, 3.8) is 0 Å². The first-order valence-electron chi connectivity index (χ1n) is 9.05. The van der Waals surface area contributed by atoms with Gasteiger partial charge in [-0.2, -0.15) is 4.98 Å². The quantitative estimate of drug-likeness (QED) is 0.692. The van der Waals surface area contributed by atoms with E-state index >= 15 is 0 Å². The van der Waals surface area contributed by atoms with Crippen LogP contribution in [0.2, 0.25) is 5.28 Å². The standard InChI is InChI=1S/C19H21ClN4O3/c20-19-21-9-14(24-7-3-5-12(10-24)18(26)27)17(23-19)22-16-13-6-2-1-4-11(13)8-15(16)25/h1-2,4,6,9,12,15-16,25H,3,5,7-8,10H2,(H,26,27)(H,21,22,23)/t12-,15?,16?/m1/s1. The predicted molar refractivity (Wildman–Crippen MR) is 102 cm³/mol. The molecule has 0 amide bonds. The number of carbonyl (C=O) groups is 1. The molecule has 8 heteroatoms. The maximum atomic E-state index is 11.4. The molecule has 2 unspecified atom stereocenters. The number of anilines is 2. The minimum atomic E-state index is -0.788. The lowest BCUT2D eigenvalue weighted by molar-refractivity contribution is -0.141. The first-order chi connectivity index (χ1) is 13.0. The van der Waals surface area contributed by atoms with Gasteiger partial charge in [-0.3, -0.25) is 4.79 Å². The van der Waals surface area contributed by atoms with Crippen molar-refractivity contribution in [2.45, 2.75) is 31.4 Å². The number of piperidine rings is 1. The van der Waals surface area contributed by atoms with Gasteiger partial charge in [-0.1, -0.05) is 24.3 Å². The zero-order chi connectivity index (χ0) is 19.0. The van der Waals surface area contributed by atoms with Crippen molar-refractivity contribution in [3.8, 4) is 0 Å². The molecule has 0 bridgehead atoms. The molecule has 0 radical (unpaired) electrons. The van der Waals surface area contributed by atoms with Crippen molar-refractivity contribution >= 4 is 29.1 Å². The van der Waals surface area contributed by atoms with E-state index in [1.54, 1.807) is 6.20 Å². The number of aromatic nitrogens is 2. The lowest BCUT2D eigenvalue weighted by Gasteiger charge is -2.33. The number of rotatable bonds is 4. The second kappa shape index (κ2) is 7.32. The van der Waals surface area contributed by atoms with Gasteiger partial charge in [-0.05, 0) is 35.6 Å². The first kappa shape index (κ1) is 18.0. The fourth-order valence-electron chi connectivity index (χ4n) is 3.98. The zero-order valence-corrected chi connectivity index (χ0v) is 15.4. The van der Waals surface area contributed by atoms with Crippen LogP contribution in [0.5, 0.6) is 0 Å². The van der Waals surface area contributed by atoms with Crippen LogP contribution in [0.1, 0.15) is 30.0 Å². The summed E-state index contributed by atoms with van der Waals surface area (Å²) < 4.78 is 0. The Labute approximate surface area is 162 Å². The number of carboxylic acid groups (broad SMARTS) is 1. The highest BCUT2D eigenvalue weighted by atomic mass is 35.5. The van der Waals surface area contributed by atoms with Gasteiger partial charge in [-0.15, -0.1) is 0 Å². The molecule has 2 heterocycles. The summed E-state index contributed by atoms with van der Waals surface area (Å²) in [7, 11) is 0. The van der Waals surface area contributed by atoms with Crippen molar-refractivity contribution in [2.75, 3.05) is 23.3 Å². The number of hydrogen-bond donors (Lipinski definition) is 3. The number of aliphatic carboxylic acids is 1. The van der Waals surface area contributed by atoms with Crippen LogP contribution >= 0.6 is 11.6 Å². The number of aliphatic hydroxyl groups is 1. The molecular weight excluding hydrogens is 368 g/mol. The van der Waals surface area contributed by atoms with Crippen LogP contribution in [0.3, 0.4) is 0 Å². The number of nitrogens with one attached hydrogen (secondary N) is 1. The summed E-state index contributed by atoms with van der Waals surface area (Å²) in [5.41, 5.74) is 2.85. The van der Waals surface area contributed by atoms with Crippen LogP contribution in [-0.4, -0.2) is 45.3 Å². The third-order valence-corrected chi connectivity index (χ3v) is 5.53. The van der Waals surface area contributed by atoms with Crippen molar-refractivity contribution in [1.29, 1.82) is 0 Å². The highest BCUT2D eigenvalue weighted by Gasteiger charge is 2.33. The number of carboxylic acids is 1. The summed E-state index contributed by atoms with van der Waals surface area (Å²) in [6.45, 7) is 1.13. The molecule has 1 saturated heterocycles. The molecule has 1 aromatic carbocycles. The summed E-state index contributed by atoms with van der Waals surface area (Å²) in [5.74, 6) is -0.689. The van der Waals surface area contributed by atoms with Crippen LogP contribution in [0.15, 0.2) is 30.5 Å². The molecule has 1 aromatic heterocycles. The molecule has 1 aliphatic heterocycles. The van der Waals surface area contributed by atoms with E-state index in [-0.39, 0.29) is 11.3 Å². The summed E-state index contributed by atoms with van der Waals surface area (Å²) in [6.07, 6.45) is 3.07. The first-order valence-corrected chi connectivity index (χ1v) is 9.43. The van der Waals surface area contributed by atoms with Crippen LogP contribution in [0.25, 0.3) is 0 Å². The molecule has 3 atom stereocenters. The molecule has 1 aliphatic carbocycles. The largest absolute Gasteiger partial charge is 0.481 e. The van der Waals surface area contributed by atoms with E-state index in [1.165, 1.54) is 0 Å². The minimum Gasteiger partial charge on any atom is -0.481 e. The van der Waals surface area contributed by atoms with Crippen molar-refractivity contribution < 1.29 is 15.0 Å². The van der Waals surface area contributed by atoms with Crippen molar-refractivity contribution in [3.05, 3.63) is 46.9 Å². The van der Waals surface area contributed by atoms with Gasteiger partial charge in [0.05, 0.1) is 29.9 Å². The van der Waals surface area contributed by atoms with Crippen molar-refractivity contribution in [2.24, 2.45) is 5.92 Å². The van der Waals surface area contributed by atoms with Crippen LogP contribution < -0.4 is 10.2 Å². The molecule has 7 nitrogen and oxygen atoms in total. The van der Waals surface area contributed by atoms with Gasteiger partial charge in [0.15, 0.2) is 5.82 Å². The monoisotopic (exact) mass is 388 g/mol. The number of halogens is 1. The average molecular weight is 389 g/mol.